The molecule has 0 aliphatic heterocycles. The van der Waals surface area contributed by atoms with Crippen LogP contribution in [0, 0.1) is 5.82 Å². The van der Waals surface area contributed by atoms with Crippen LogP contribution in [0.15, 0.2) is 35.5 Å². The topological polar surface area (TPSA) is 49.3 Å². The fraction of sp³-hybridized carbons (Fsp3) is 0.375. The van der Waals surface area contributed by atoms with Gasteiger partial charge in [-0.25, -0.2) is 9.37 Å². The molecule has 0 bridgehead atoms. The number of rotatable bonds is 6. The van der Waals surface area contributed by atoms with Gasteiger partial charge in [0.1, 0.15) is 10.8 Å². The number of benzene rings is 1. The van der Waals surface area contributed by atoms with Gasteiger partial charge in [-0.1, -0.05) is 19.1 Å². The molecule has 2 N–H and O–H groups in total. The van der Waals surface area contributed by atoms with Crippen molar-refractivity contribution in [2.75, 3.05) is 13.6 Å². The van der Waals surface area contributed by atoms with E-state index in [9.17, 15) is 4.39 Å². The molecule has 1 aromatic carbocycles. The van der Waals surface area contributed by atoms with Gasteiger partial charge >= 0.3 is 0 Å². The summed E-state index contributed by atoms with van der Waals surface area (Å²) in [5.41, 5.74) is 0.968. The Morgan fingerprint density at radius 2 is 2.23 bits per heavy atom. The number of guanidine groups is 1. The fourth-order valence-electron chi connectivity index (χ4n) is 1.99. The van der Waals surface area contributed by atoms with Crippen LogP contribution in [0.1, 0.15) is 22.4 Å². The number of halogens is 1. The lowest BCUT2D eigenvalue weighted by molar-refractivity contribution is 0.625. The molecule has 0 radical (unpaired) electrons. The number of nitrogens with one attached hydrogen (secondary N) is 2. The average Bonchev–Trinajstić information content (AvgIpc) is 2.99. The Kier molecular flexibility index (Phi) is 6.33. The maximum Gasteiger partial charge on any atom is 0.191 e. The highest BCUT2D eigenvalue weighted by Gasteiger charge is 2.03. The van der Waals surface area contributed by atoms with Crippen molar-refractivity contribution in [2.24, 2.45) is 4.99 Å². The van der Waals surface area contributed by atoms with Gasteiger partial charge in [-0.15, -0.1) is 11.3 Å². The van der Waals surface area contributed by atoms with E-state index in [4.69, 9.17) is 0 Å². The van der Waals surface area contributed by atoms with Crippen LogP contribution in [0.4, 0.5) is 4.39 Å². The van der Waals surface area contributed by atoms with Crippen LogP contribution in [0.25, 0.3) is 0 Å². The molecule has 0 spiro atoms. The second-order valence-corrected chi connectivity index (χ2v) is 6.01. The first-order chi connectivity index (χ1) is 10.7. The Labute approximate surface area is 134 Å². The maximum atomic E-state index is 13.1. The van der Waals surface area contributed by atoms with E-state index in [2.05, 4.69) is 27.5 Å². The molecule has 2 rings (SSSR count). The first-order valence-corrected chi connectivity index (χ1v) is 8.15. The van der Waals surface area contributed by atoms with Crippen LogP contribution < -0.4 is 10.6 Å². The summed E-state index contributed by atoms with van der Waals surface area (Å²) in [4.78, 5) is 9.82. The lowest BCUT2D eigenvalue weighted by Gasteiger charge is -2.10. The Balaban J connectivity index is 1.75. The van der Waals surface area contributed by atoms with E-state index in [0.717, 1.165) is 29.4 Å². The summed E-state index contributed by atoms with van der Waals surface area (Å²) in [7, 11) is 1.73. The van der Waals surface area contributed by atoms with Gasteiger partial charge < -0.3 is 10.6 Å². The fourth-order valence-corrected chi connectivity index (χ4v) is 2.79. The van der Waals surface area contributed by atoms with E-state index >= 15 is 0 Å². The van der Waals surface area contributed by atoms with Crippen LogP contribution in [0.5, 0.6) is 0 Å². The summed E-state index contributed by atoms with van der Waals surface area (Å²) in [5.74, 6) is 0.528. The summed E-state index contributed by atoms with van der Waals surface area (Å²) < 4.78 is 13.1. The second kappa shape index (κ2) is 8.48. The molecule has 0 saturated carbocycles. The molecule has 0 amide bonds. The predicted octanol–water partition coefficient (Wildman–Crippen LogP) is 2.75. The zero-order valence-corrected chi connectivity index (χ0v) is 13.7. The molecule has 0 aliphatic carbocycles. The zero-order chi connectivity index (χ0) is 15.8. The third-order valence-corrected chi connectivity index (χ3v) is 4.32. The number of nitrogens with zero attached hydrogens (tertiary/aromatic N) is 2. The minimum Gasteiger partial charge on any atom is -0.356 e. The molecule has 0 atom stereocenters. The van der Waals surface area contributed by atoms with Crippen molar-refractivity contribution in [1.82, 2.24) is 15.6 Å². The molecule has 4 nitrogen and oxygen atoms in total. The molecule has 1 heterocycles. The van der Waals surface area contributed by atoms with Gasteiger partial charge in [0.05, 0.1) is 6.54 Å². The van der Waals surface area contributed by atoms with Crippen molar-refractivity contribution in [3.05, 3.63) is 51.7 Å². The van der Waals surface area contributed by atoms with Crippen molar-refractivity contribution in [2.45, 2.75) is 26.3 Å². The van der Waals surface area contributed by atoms with E-state index < -0.39 is 0 Å². The number of hydrogen-bond donors (Lipinski definition) is 2. The Bertz CT molecular complexity index is 624. The highest BCUT2D eigenvalue weighted by atomic mass is 32.1. The lowest BCUT2D eigenvalue weighted by Crippen LogP contribution is -2.37. The van der Waals surface area contributed by atoms with E-state index in [-0.39, 0.29) is 5.82 Å². The van der Waals surface area contributed by atoms with Gasteiger partial charge in [0.25, 0.3) is 0 Å². The van der Waals surface area contributed by atoms with Crippen molar-refractivity contribution in [3.63, 3.8) is 0 Å². The lowest BCUT2D eigenvalue weighted by atomic mass is 10.1. The summed E-state index contributed by atoms with van der Waals surface area (Å²) in [5, 5.41) is 7.50. The molecule has 0 aliphatic rings. The van der Waals surface area contributed by atoms with Crippen LogP contribution in [-0.4, -0.2) is 24.5 Å². The third kappa shape index (κ3) is 5.11. The first kappa shape index (κ1) is 16.4. The first-order valence-electron chi connectivity index (χ1n) is 7.33. The Morgan fingerprint density at radius 1 is 1.36 bits per heavy atom. The monoisotopic (exact) mass is 320 g/mol. The van der Waals surface area contributed by atoms with Crippen molar-refractivity contribution in [1.29, 1.82) is 0 Å². The van der Waals surface area contributed by atoms with Gasteiger partial charge in [-0.2, -0.15) is 0 Å². The summed E-state index contributed by atoms with van der Waals surface area (Å²) in [6.45, 7) is 3.48. The normalized spacial score (nSPS) is 11.5. The molecular formula is C16H21FN4S. The van der Waals surface area contributed by atoms with E-state index in [0.29, 0.717) is 13.1 Å². The van der Waals surface area contributed by atoms with Gasteiger partial charge in [0.15, 0.2) is 5.96 Å². The third-order valence-electron chi connectivity index (χ3n) is 3.18. The number of aromatic nitrogens is 1. The minimum absolute atomic E-state index is 0.199. The van der Waals surface area contributed by atoms with Crippen molar-refractivity contribution in [3.8, 4) is 0 Å². The summed E-state index contributed by atoms with van der Waals surface area (Å²) in [6.07, 6.45) is 3.68. The van der Waals surface area contributed by atoms with Crippen molar-refractivity contribution >= 4 is 17.3 Å². The molecular weight excluding hydrogens is 299 g/mol. The second-order valence-electron chi connectivity index (χ2n) is 4.81. The number of hydrogen-bond acceptors (Lipinski definition) is 3. The minimum atomic E-state index is -0.199. The standard InChI is InChI=1S/C16H21FN4S/c1-3-14-10-20-15(22-14)11-21-16(18-2)19-8-7-12-5-4-6-13(17)9-12/h4-6,9-10H,3,7-8,11H2,1-2H3,(H2,18,19,21). The van der Waals surface area contributed by atoms with Crippen molar-refractivity contribution < 1.29 is 4.39 Å². The molecule has 1 aromatic heterocycles. The molecule has 22 heavy (non-hydrogen) atoms. The van der Waals surface area contributed by atoms with Gasteiger partial charge in [-0.3, -0.25) is 4.99 Å². The van der Waals surface area contributed by atoms with Crippen LogP contribution in [-0.2, 0) is 19.4 Å². The SMILES string of the molecule is CCc1cnc(CNC(=NC)NCCc2cccc(F)c2)s1. The average molecular weight is 320 g/mol. The molecule has 118 valence electrons. The highest BCUT2D eigenvalue weighted by Crippen LogP contribution is 2.12. The van der Waals surface area contributed by atoms with E-state index in [1.165, 1.54) is 10.9 Å². The largest absolute Gasteiger partial charge is 0.356 e. The highest BCUT2D eigenvalue weighted by molar-refractivity contribution is 7.11. The van der Waals surface area contributed by atoms with E-state index in [1.807, 2.05) is 12.3 Å². The Morgan fingerprint density at radius 3 is 2.91 bits per heavy atom. The van der Waals surface area contributed by atoms with E-state index in [1.54, 1.807) is 30.5 Å². The molecule has 0 fully saturated rings. The zero-order valence-electron chi connectivity index (χ0n) is 12.9. The quantitative estimate of drug-likeness (QED) is 0.635. The van der Waals surface area contributed by atoms with Crippen LogP contribution >= 0.6 is 11.3 Å². The maximum absolute atomic E-state index is 13.1. The predicted molar refractivity (Wildman–Crippen MR) is 89.8 cm³/mol. The van der Waals surface area contributed by atoms with Gasteiger partial charge in [-0.05, 0) is 30.5 Å². The number of aryl methyl sites for hydroxylation is 1. The number of aliphatic imine (C=N–C) groups is 1. The molecule has 0 unspecified atom stereocenters. The van der Waals surface area contributed by atoms with Crippen LogP contribution in [0.3, 0.4) is 0 Å². The van der Waals surface area contributed by atoms with Gasteiger partial charge in [0, 0.05) is 24.7 Å². The molecule has 6 heteroatoms. The number of thiazole rings is 1. The summed E-state index contributed by atoms with van der Waals surface area (Å²) >= 11 is 1.71. The summed E-state index contributed by atoms with van der Waals surface area (Å²) in [6, 6.07) is 6.66. The smallest absolute Gasteiger partial charge is 0.191 e. The molecule has 0 saturated heterocycles. The van der Waals surface area contributed by atoms with Gasteiger partial charge in [0.2, 0.25) is 0 Å². The Hall–Kier alpha value is -1.95. The van der Waals surface area contributed by atoms with Crippen LogP contribution in [0.2, 0.25) is 0 Å². The molecule has 2 aromatic rings.